The van der Waals surface area contributed by atoms with E-state index in [9.17, 15) is 9.59 Å². The van der Waals surface area contributed by atoms with E-state index in [0.29, 0.717) is 11.3 Å². The van der Waals surface area contributed by atoms with Crippen LogP contribution in [0.2, 0.25) is 0 Å². The average molecular weight is 346 g/mol. The van der Waals surface area contributed by atoms with E-state index in [-0.39, 0.29) is 18.4 Å². The minimum Gasteiger partial charge on any atom is -0.481 e. The van der Waals surface area contributed by atoms with E-state index in [1.807, 2.05) is 17.0 Å². The fourth-order valence-corrected chi connectivity index (χ4v) is 3.77. The molecule has 104 valence electrons. The number of carboxylic acids is 1. The Balaban J connectivity index is 2.06. The summed E-state index contributed by atoms with van der Waals surface area (Å²) in [6.45, 7) is 0.735. The standard InChI is InChI=1S/C13H16BrNO3S/c14-11-6-5-10(19-11)13(18)15-8-2-1-3-9(15)4-7-12(16)17/h5-6,9H,1-4,7-8H2,(H,16,17). The van der Waals surface area contributed by atoms with E-state index in [2.05, 4.69) is 15.9 Å². The lowest BCUT2D eigenvalue weighted by Gasteiger charge is -2.35. The number of rotatable bonds is 4. The lowest BCUT2D eigenvalue weighted by atomic mass is 9.97. The molecule has 6 heteroatoms. The third kappa shape index (κ3) is 3.79. The summed E-state index contributed by atoms with van der Waals surface area (Å²) in [6, 6.07) is 3.76. The zero-order valence-electron chi connectivity index (χ0n) is 10.5. The van der Waals surface area contributed by atoms with E-state index >= 15 is 0 Å². The smallest absolute Gasteiger partial charge is 0.303 e. The van der Waals surface area contributed by atoms with Crippen LogP contribution in [0.25, 0.3) is 0 Å². The van der Waals surface area contributed by atoms with Crippen molar-refractivity contribution in [1.82, 2.24) is 4.90 Å². The fourth-order valence-electron chi connectivity index (χ4n) is 2.43. The van der Waals surface area contributed by atoms with Crippen molar-refractivity contribution in [3.8, 4) is 0 Å². The minimum absolute atomic E-state index is 0.0331. The van der Waals surface area contributed by atoms with Crippen LogP contribution >= 0.6 is 27.3 Å². The van der Waals surface area contributed by atoms with Crippen LogP contribution in [-0.4, -0.2) is 34.5 Å². The molecule has 1 saturated heterocycles. The van der Waals surface area contributed by atoms with Gasteiger partial charge in [-0.25, -0.2) is 0 Å². The molecule has 19 heavy (non-hydrogen) atoms. The number of hydrogen-bond acceptors (Lipinski definition) is 3. The highest BCUT2D eigenvalue weighted by Gasteiger charge is 2.28. The molecule has 0 aromatic carbocycles. The van der Waals surface area contributed by atoms with Gasteiger partial charge in [0, 0.05) is 19.0 Å². The van der Waals surface area contributed by atoms with Gasteiger partial charge in [0.25, 0.3) is 5.91 Å². The number of carbonyl (C=O) groups excluding carboxylic acids is 1. The average Bonchev–Trinajstić information content (AvgIpc) is 2.82. The minimum atomic E-state index is -0.795. The maximum atomic E-state index is 12.4. The first kappa shape index (κ1) is 14.5. The molecule has 1 amide bonds. The first-order chi connectivity index (χ1) is 9.08. The highest BCUT2D eigenvalue weighted by Crippen LogP contribution is 2.27. The Hall–Kier alpha value is -0.880. The van der Waals surface area contributed by atoms with E-state index in [1.54, 1.807) is 0 Å². The number of halogens is 1. The summed E-state index contributed by atoms with van der Waals surface area (Å²) in [5.74, 6) is -0.761. The molecule has 0 saturated carbocycles. The highest BCUT2D eigenvalue weighted by atomic mass is 79.9. The van der Waals surface area contributed by atoms with E-state index < -0.39 is 5.97 Å². The number of thiophene rings is 1. The van der Waals surface area contributed by atoms with Crippen LogP contribution in [0.5, 0.6) is 0 Å². The molecule has 1 aromatic rings. The normalized spacial score (nSPS) is 19.4. The lowest BCUT2D eigenvalue weighted by Crippen LogP contribution is -2.43. The number of carbonyl (C=O) groups is 2. The third-order valence-electron chi connectivity index (χ3n) is 3.36. The lowest BCUT2D eigenvalue weighted by molar-refractivity contribution is -0.137. The van der Waals surface area contributed by atoms with E-state index in [0.717, 1.165) is 29.6 Å². The van der Waals surface area contributed by atoms with Crippen molar-refractivity contribution in [2.24, 2.45) is 0 Å². The maximum Gasteiger partial charge on any atom is 0.303 e. The number of piperidine rings is 1. The van der Waals surface area contributed by atoms with Gasteiger partial charge in [0.1, 0.15) is 0 Å². The number of carboxylic acid groups (broad SMARTS) is 1. The number of amides is 1. The second kappa shape index (κ2) is 6.52. The highest BCUT2D eigenvalue weighted by molar-refractivity contribution is 9.11. The van der Waals surface area contributed by atoms with Crippen LogP contribution in [0.4, 0.5) is 0 Å². The molecule has 0 spiro atoms. The zero-order chi connectivity index (χ0) is 13.8. The van der Waals surface area contributed by atoms with Gasteiger partial charge in [0.2, 0.25) is 0 Å². The Morgan fingerprint density at radius 1 is 1.42 bits per heavy atom. The van der Waals surface area contributed by atoms with Gasteiger partial charge in [0.05, 0.1) is 8.66 Å². The van der Waals surface area contributed by atoms with Crippen LogP contribution in [0.3, 0.4) is 0 Å². The molecule has 1 aliphatic heterocycles. The van der Waals surface area contributed by atoms with Crippen LogP contribution in [0.1, 0.15) is 41.8 Å². The van der Waals surface area contributed by atoms with E-state index in [1.165, 1.54) is 11.3 Å². The van der Waals surface area contributed by atoms with Gasteiger partial charge in [-0.1, -0.05) is 0 Å². The molecule has 0 aliphatic carbocycles. The first-order valence-electron chi connectivity index (χ1n) is 6.36. The third-order valence-corrected chi connectivity index (χ3v) is 4.98. The van der Waals surface area contributed by atoms with Gasteiger partial charge >= 0.3 is 5.97 Å². The van der Waals surface area contributed by atoms with Crippen LogP contribution in [0, 0.1) is 0 Å². The van der Waals surface area contributed by atoms with Gasteiger partial charge in [-0.2, -0.15) is 0 Å². The molecule has 1 atom stereocenters. The topological polar surface area (TPSA) is 57.6 Å². The van der Waals surface area contributed by atoms with Gasteiger partial charge in [-0.15, -0.1) is 11.3 Å². The Labute approximate surface area is 124 Å². The molecule has 1 aromatic heterocycles. The summed E-state index contributed by atoms with van der Waals surface area (Å²) in [5, 5.41) is 8.78. The number of likely N-dealkylation sites (tertiary alicyclic amines) is 1. The molecule has 4 nitrogen and oxygen atoms in total. The summed E-state index contributed by atoms with van der Waals surface area (Å²) >= 11 is 4.78. The van der Waals surface area contributed by atoms with Crippen molar-refractivity contribution in [2.45, 2.75) is 38.1 Å². The summed E-state index contributed by atoms with van der Waals surface area (Å²) in [7, 11) is 0. The van der Waals surface area contributed by atoms with Crippen molar-refractivity contribution >= 4 is 39.1 Å². The largest absolute Gasteiger partial charge is 0.481 e. The Morgan fingerprint density at radius 3 is 2.84 bits per heavy atom. The van der Waals surface area contributed by atoms with Gasteiger partial charge < -0.3 is 10.0 Å². The summed E-state index contributed by atoms with van der Waals surface area (Å²) in [5.41, 5.74) is 0. The molecular weight excluding hydrogens is 330 g/mol. The molecule has 2 rings (SSSR count). The Bertz CT molecular complexity index is 474. The van der Waals surface area contributed by atoms with Crippen LogP contribution in [-0.2, 0) is 4.79 Å². The monoisotopic (exact) mass is 345 g/mol. The number of aliphatic carboxylic acids is 1. The molecule has 1 unspecified atom stereocenters. The Morgan fingerprint density at radius 2 is 2.21 bits per heavy atom. The Kier molecular flexibility index (Phi) is 4.99. The summed E-state index contributed by atoms with van der Waals surface area (Å²) in [6.07, 6.45) is 3.66. The van der Waals surface area contributed by atoms with Crippen LogP contribution in [0.15, 0.2) is 15.9 Å². The van der Waals surface area contributed by atoms with E-state index in [4.69, 9.17) is 5.11 Å². The fraction of sp³-hybridized carbons (Fsp3) is 0.538. The molecular formula is C13H16BrNO3S. The molecule has 1 fully saturated rings. The number of hydrogen-bond donors (Lipinski definition) is 1. The van der Waals surface area contributed by atoms with Crippen molar-refractivity contribution in [3.63, 3.8) is 0 Å². The van der Waals surface area contributed by atoms with Crippen molar-refractivity contribution in [2.75, 3.05) is 6.54 Å². The number of nitrogens with zero attached hydrogens (tertiary/aromatic N) is 1. The predicted molar refractivity (Wildman–Crippen MR) is 77.6 cm³/mol. The quantitative estimate of drug-likeness (QED) is 0.909. The maximum absolute atomic E-state index is 12.4. The van der Waals surface area contributed by atoms with Gasteiger partial charge in [0.15, 0.2) is 0 Å². The van der Waals surface area contributed by atoms with Gasteiger partial charge in [-0.05, 0) is 53.7 Å². The molecule has 1 N–H and O–H groups in total. The SMILES string of the molecule is O=C(O)CCC1CCCCN1C(=O)c1ccc(Br)s1. The van der Waals surface area contributed by atoms with Gasteiger partial charge in [-0.3, -0.25) is 9.59 Å². The zero-order valence-corrected chi connectivity index (χ0v) is 12.9. The summed E-state index contributed by atoms with van der Waals surface area (Å²) < 4.78 is 0.940. The van der Waals surface area contributed by atoms with Crippen molar-refractivity contribution in [1.29, 1.82) is 0 Å². The molecule has 1 aliphatic rings. The van der Waals surface area contributed by atoms with Crippen molar-refractivity contribution < 1.29 is 14.7 Å². The second-order valence-electron chi connectivity index (χ2n) is 4.68. The molecule has 0 radical (unpaired) electrons. The molecule has 2 heterocycles. The first-order valence-corrected chi connectivity index (χ1v) is 7.97. The molecule has 0 bridgehead atoms. The summed E-state index contributed by atoms with van der Waals surface area (Å²) in [4.78, 5) is 25.7. The predicted octanol–water partition coefficient (Wildman–Crippen LogP) is 3.37. The second-order valence-corrected chi connectivity index (χ2v) is 7.15. The van der Waals surface area contributed by atoms with Crippen LogP contribution < -0.4 is 0 Å². The van der Waals surface area contributed by atoms with Crippen molar-refractivity contribution in [3.05, 3.63) is 20.8 Å².